The number of fused-ring (bicyclic) bond motifs is 1. The molecule has 35 heavy (non-hydrogen) atoms. The van der Waals surface area contributed by atoms with Crippen LogP contribution in [-0.2, 0) is 16.1 Å². The van der Waals surface area contributed by atoms with Crippen molar-refractivity contribution in [1.82, 2.24) is 24.7 Å². The van der Waals surface area contributed by atoms with Gasteiger partial charge in [0.25, 0.3) is 0 Å². The van der Waals surface area contributed by atoms with E-state index in [1.54, 1.807) is 42.9 Å². The second kappa shape index (κ2) is 9.29. The lowest BCUT2D eigenvalue weighted by Gasteiger charge is -2.13. The molecule has 0 saturated carbocycles. The van der Waals surface area contributed by atoms with Gasteiger partial charge in [0.2, 0.25) is 5.91 Å². The number of amides is 1. The topological polar surface area (TPSA) is 133 Å². The maximum absolute atomic E-state index is 12.8. The number of aromatic nitrogens is 5. The molecule has 1 aliphatic heterocycles. The first-order valence-electron chi connectivity index (χ1n) is 10.8. The van der Waals surface area contributed by atoms with E-state index in [1.807, 2.05) is 16.8 Å². The van der Waals surface area contributed by atoms with Crippen LogP contribution in [0.5, 0.6) is 11.5 Å². The van der Waals surface area contributed by atoms with Gasteiger partial charge in [-0.15, -0.1) is 0 Å². The van der Waals surface area contributed by atoms with Crippen LogP contribution < -0.4 is 14.8 Å². The zero-order chi connectivity index (χ0) is 24.4. The summed E-state index contributed by atoms with van der Waals surface area (Å²) in [6, 6.07) is 10.6. The molecule has 0 aliphatic carbocycles. The number of nitrogens with one attached hydrogen (secondary N) is 2. The molecule has 1 atom stereocenters. The third-order valence-corrected chi connectivity index (χ3v) is 5.58. The van der Waals surface area contributed by atoms with Crippen LogP contribution in [-0.4, -0.2) is 50.8 Å². The number of imidazole rings is 1. The van der Waals surface area contributed by atoms with Gasteiger partial charge in [0.05, 0.1) is 33.5 Å². The molecule has 2 aromatic heterocycles. The minimum atomic E-state index is -0.723. The first-order chi connectivity index (χ1) is 17.1. The van der Waals surface area contributed by atoms with Crippen molar-refractivity contribution in [2.75, 3.05) is 19.5 Å². The van der Waals surface area contributed by atoms with Gasteiger partial charge in [0.1, 0.15) is 17.5 Å². The fourth-order valence-corrected chi connectivity index (χ4v) is 3.99. The number of hydrogen-bond acceptors (Lipinski definition) is 8. The van der Waals surface area contributed by atoms with Gasteiger partial charge in [-0.05, 0) is 18.2 Å². The van der Waals surface area contributed by atoms with Crippen molar-refractivity contribution in [3.05, 3.63) is 72.1 Å². The second-order valence-electron chi connectivity index (χ2n) is 7.83. The maximum atomic E-state index is 12.8. The highest BCUT2D eigenvalue weighted by Gasteiger charge is 2.36. The van der Waals surface area contributed by atoms with Crippen molar-refractivity contribution in [2.24, 2.45) is 0 Å². The van der Waals surface area contributed by atoms with Crippen molar-refractivity contribution in [2.45, 2.75) is 19.1 Å². The molecule has 11 heteroatoms. The Kier molecular flexibility index (Phi) is 5.88. The molecule has 0 bridgehead atoms. The van der Waals surface area contributed by atoms with Crippen LogP contribution >= 0.6 is 0 Å². The van der Waals surface area contributed by atoms with E-state index in [2.05, 4.69) is 25.5 Å². The number of rotatable bonds is 8. The van der Waals surface area contributed by atoms with Gasteiger partial charge in [-0.3, -0.25) is 9.89 Å². The van der Waals surface area contributed by atoms with Gasteiger partial charge < -0.3 is 24.1 Å². The van der Waals surface area contributed by atoms with Crippen molar-refractivity contribution >= 4 is 17.6 Å². The van der Waals surface area contributed by atoms with Gasteiger partial charge in [0.15, 0.2) is 17.3 Å². The lowest BCUT2D eigenvalue weighted by Crippen LogP contribution is -2.15. The Morgan fingerprint density at radius 2 is 2.11 bits per heavy atom. The molecule has 1 aliphatic rings. The Morgan fingerprint density at radius 3 is 2.89 bits per heavy atom. The summed E-state index contributed by atoms with van der Waals surface area (Å²) in [4.78, 5) is 33.8. The maximum Gasteiger partial charge on any atom is 0.343 e. The zero-order valence-electron chi connectivity index (χ0n) is 19.0. The number of cyclic esters (lactones) is 1. The molecule has 11 nitrogen and oxygen atoms in total. The number of hydrogen-bond donors (Lipinski definition) is 2. The predicted molar refractivity (Wildman–Crippen MR) is 124 cm³/mol. The van der Waals surface area contributed by atoms with Gasteiger partial charge in [-0.2, -0.15) is 5.10 Å². The summed E-state index contributed by atoms with van der Waals surface area (Å²) in [7, 11) is 2.94. The number of methoxy groups -OCH3 is 2. The van der Waals surface area contributed by atoms with Gasteiger partial charge in [0, 0.05) is 29.2 Å². The zero-order valence-corrected chi connectivity index (χ0v) is 19.0. The number of esters is 1. The Hall–Kier alpha value is -4.67. The number of carbonyl (C=O) groups is 2. The second-order valence-corrected chi connectivity index (χ2v) is 7.83. The van der Waals surface area contributed by atoms with Crippen LogP contribution in [0.3, 0.4) is 0 Å². The molecule has 2 N–H and O–H groups in total. The summed E-state index contributed by atoms with van der Waals surface area (Å²) in [6.07, 6.45) is 4.46. The molecular weight excluding hydrogens is 452 g/mol. The smallest absolute Gasteiger partial charge is 0.343 e. The first-order valence-corrected chi connectivity index (χ1v) is 10.8. The van der Waals surface area contributed by atoms with Crippen molar-refractivity contribution in [3.8, 4) is 22.9 Å². The molecule has 178 valence electrons. The molecule has 0 radical (unpaired) electrons. The highest BCUT2D eigenvalue weighted by molar-refractivity contribution is 5.99. The normalized spacial score (nSPS) is 14.3. The molecule has 0 saturated heterocycles. The van der Waals surface area contributed by atoms with Gasteiger partial charge >= 0.3 is 5.97 Å². The minimum absolute atomic E-state index is 0.0475. The lowest BCUT2D eigenvalue weighted by atomic mass is 10.0. The average molecular weight is 474 g/mol. The van der Waals surface area contributed by atoms with Gasteiger partial charge in [-0.25, -0.2) is 14.8 Å². The van der Waals surface area contributed by atoms with Crippen LogP contribution in [0, 0.1) is 0 Å². The van der Waals surface area contributed by atoms with Crippen LogP contribution in [0.25, 0.3) is 11.4 Å². The van der Waals surface area contributed by atoms with E-state index in [0.29, 0.717) is 40.9 Å². The molecule has 2 aromatic carbocycles. The van der Waals surface area contributed by atoms with E-state index < -0.39 is 12.1 Å². The number of anilines is 1. The number of H-pyrrole nitrogens is 1. The molecule has 5 rings (SSSR count). The SMILES string of the molecule is COc1ccc2c(c1OC)C(=O)OC2CC(=O)Nc1cccc(-c2n[nH]c(Cn3ccnc3)n2)c1. The molecular formula is C24H22N6O5. The van der Waals surface area contributed by atoms with E-state index in [4.69, 9.17) is 14.2 Å². The molecule has 1 amide bonds. The summed E-state index contributed by atoms with van der Waals surface area (Å²) in [6.45, 7) is 0.516. The summed E-state index contributed by atoms with van der Waals surface area (Å²) >= 11 is 0. The highest BCUT2D eigenvalue weighted by atomic mass is 16.6. The number of aromatic amines is 1. The quantitative estimate of drug-likeness (QED) is 0.373. The van der Waals surface area contributed by atoms with Crippen LogP contribution in [0.4, 0.5) is 5.69 Å². The number of nitrogens with zero attached hydrogens (tertiary/aromatic N) is 4. The fraction of sp³-hybridized carbons (Fsp3) is 0.208. The number of ether oxygens (including phenoxy) is 3. The fourth-order valence-electron chi connectivity index (χ4n) is 3.99. The summed E-state index contributed by atoms with van der Waals surface area (Å²) in [5, 5.41) is 10.0. The number of benzene rings is 2. The standard InChI is InChI=1S/C24H22N6O5/c1-33-17-7-6-16-18(35-24(32)21(16)22(17)34-2)11-20(31)26-15-5-3-4-14(10-15)23-27-19(28-29-23)12-30-9-8-25-13-30/h3-10,13,18H,11-12H2,1-2H3,(H,26,31)(H,27,28,29). The molecule has 1 unspecified atom stereocenters. The Labute approximate surface area is 200 Å². The third-order valence-electron chi connectivity index (χ3n) is 5.58. The van der Waals surface area contributed by atoms with Crippen molar-refractivity contribution in [1.29, 1.82) is 0 Å². The van der Waals surface area contributed by atoms with Crippen LogP contribution in [0.2, 0.25) is 0 Å². The molecule has 0 spiro atoms. The first kappa shape index (κ1) is 22.1. The Morgan fingerprint density at radius 1 is 1.23 bits per heavy atom. The molecule has 0 fully saturated rings. The molecule has 4 aromatic rings. The van der Waals surface area contributed by atoms with Crippen molar-refractivity contribution < 1.29 is 23.8 Å². The van der Waals surface area contributed by atoms with E-state index in [-0.39, 0.29) is 17.9 Å². The number of carbonyl (C=O) groups excluding carboxylic acids is 2. The summed E-state index contributed by atoms with van der Waals surface area (Å²) in [5.74, 6) is 1.05. The van der Waals surface area contributed by atoms with Crippen LogP contribution in [0.1, 0.15) is 34.3 Å². The van der Waals surface area contributed by atoms with E-state index in [1.165, 1.54) is 14.2 Å². The predicted octanol–water partition coefficient (Wildman–Crippen LogP) is 2.97. The summed E-state index contributed by atoms with van der Waals surface area (Å²) < 4.78 is 17.9. The van der Waals surface area contributed by atoms with E-state index >= 15 is 0 Å². The van der Waals surface area contributed by atoms with Gasteiger partial charge in [-0.1, -0.05) is 18.2 Å². The van der Waals surface area contributed by atoms with Crippen molar-refractivity contribution in [3.63, 3.8) is 0 Å². The average Bonchev–Trinajstić information content (AvgIpc) is 3.61. The monoisotopic (exact) mass is 474 g/mol. The Bertz CT molecular complexity index is 1380. The highest BCUT2D eigenvalue weighted by Crippen LogP contribution is 2.43. The Balaban J connectivity index is 1.28. The summed E-state index contributed by atoms with van der Waals surface area (Å²) in [5.41, 5.74) is 2.18. The van der Waals surface area contributed by atoms with Crippen LogP contribution in [0.15, 0.2) is 55.1 Å². The minimum Gasteiger partial charge on any atom is -0.493 e. The largest absolute Gasteiger partial charge is 0.493 e. The molecule has 3 heterocycles. The lowest BCUT2D eigenvalue weighted by molar-refractivity contribution is -0.118. The third kappa shape index (κ3) is 4.43. The van der Waals surface area contributed by atoms with E-state index in [9.17, 15) is 9.59 Å². The van der Waals surface area contributed by atoms with E-state index in [0.717, 1.165) is 5.56 Å².